The van der Waals surface area contributed by atoms with Crippen molar-refractivity contribution < 1.29 is 44.4 Å². The Morgan fingerprint density at radius 3 is 1.69 bits per heavy atom. The Morgan fingerprint density at radius 1 is 0.867 bits per heavy atom. The summed E-state index contributed by atoms with van der Waals surface area (Å²) in [5.74, 6) is -0.612. The average molecular weight is 684 g/mol. The minimum absolute atomic E-state index is 0.0679. The van der Waals surface area contributed by atoms with Gasteiger partial charge in [0.1, 0.15) is 6.61 Å². The second-order valence-electron chi connectivity index (χ2n) is 14.2. The highest BCUT2D eigenvalue weighted by Gasteiger charge is 2.43. The van der Waals surface area contributed by atoms with Crippen LogP contribution in [0.15, 0.2) is 0 Å². The maximum Gasteiger partial charge on any atom is 0.318 e. The first kappa shape index (κ1) is 41.3. The summed E-state index contributed by atoms with van der Waals surface area (Å²) in [6.45, 7) is 21.0. The standard InChI is InChI=1S/C30H59N5O8S2/c1-8-34(9-2,16-12-20-44(37,38)39)18-14-33(15-19-35(10-3,11-4)17-13-21-45(40,41)42)28(36)32-27-22-29(5,6)24-30(7,23-27)25-43-26-31/h27H,8-25H2,1-7H3,(H-2,32,36,37,38,39,40,41,42)/p+2. The predicted octanol–water partition coefficient (Wildman–Crippen LogP) is 3.35. The van der Waals surface area contributed by atoms with E-state index in [1.807, 2.05) is 32.6 Å². The van der Waals surface area contributed by atoms with E-state index in [9.17, 15) is 30.7 Å². The molecule has 3 N–H and O–H groups in total. The first-order valence-electron chi connectivity index (χ1n) is 16.4. The quantitative estimate of drug-likeness (QED) is 0.0931. The number of hydrogen-bond acceptors (Lipinski definition) is 7. The summed E-state index contributed by atoms with van der Waals surface area (Å²) >= 11 is 0. The van der Waals surface area contributed by atoms with Crippen molar-refractivity contribution in [3.05, 3.63) is 0 Å². The number of nitriles is 1. The summed E-state index contributed by atoms with van der Waals surface area (Å²) in [6, 6.07) is -0.304. The summed E-state index contributed by atoms with van der Waals surface area (Å²) in [4.78, 5) is 15.8. The van der Waals surface area contributed by atoms with Gasteiger partial charge in [0.15, 0.2) is 0 Å². The molecule has 0 saturated heterocycles. The lowest BCUT2D eigenvalue weighted by Gasteiger charge is -2.46. The topological polar surface area (TPSA) is 174 Å². The Morgan fingerprint density at radius 2 is 1.31 bits per heavy atom. The summed E-state index contributed by atoms with van der Waals surface area (Å²) in [7, 11) is -8.13. The fraction of sp³-hybridized carbons (Fsp3) is 0.933. The van der Waals surface area contributed by atoms with Crippen LogP contribution in [0.2, 0.25) is 0 Å². The Balaban J connectivity index is 3.23. The van der Waals surface area contributed by atoms with Crippen LogP contribution in [0.3, 0.4) is 0 Å². The van der Waals surface area contributed by atoms with Gasteiger partial charge in [0.05, 0.1) is 77.0 Å². The van der Waals surface area contributed by atoms with Crippen molar-refractivity contribution in [2.75, 3.05) is 83.6 Å². The molecule has 0 aromatic rings. The number of carbonyl (C=O) groups excluding carboxylic acids is 1. The zero-order valence-corrected chi connectivity index (χ0v) is 30.4. The lowest BCUT2D eigenvalue weighted by Crippen LogP contribution is -2.58. The van der Waals surface area contributed by atoms with Crippen molar-refractivity contribution in [3.8, 4) is 6.26 Å². The van der Waals surface area contributed by atoms with Crippen molar-refractivity contribution in [2.45, 2.75) is 86.6 Å². The fourth-order valence-corrected chi connectivity index (χ4v) is 8.39. The first-order chi connectivity index (χ1) is 20.7. The normalized spacial score (nSPS) is 20.8. The molecule has 0 bridgehead atoms. The van der Waals surface area contributed by atoms with E-state index in [0.29, 0.717) is 67.5 Å². The minimum Gasteiger partial charge on any atom is -0.427 e. The van der Waals surface area contributed by atoms with Gasteiger partial charge in [-0.2, -0.15) is 22.1 Å². The SMILES string of the molecule is CC[N+](CC)(CCCS(=O)(=O)O)CCN(CC[N+](CC)(CC)CCCS(=O)(=O)O)C(=O)NC1CC(C)(C)CC(C)(COC#N)C1. The highest BCUT2D eigenvalue weighted by molar-refractivity contribution is 7.86. The van der Waals surface area contributed by atoms with E-state index < -0.39 is 20.2 Å². The van der Waals surface area contributed by atoms with Crippen LogP contribution in [0.1, 0.15) is 80.6 Å². The molecule has 0 spiro atoms. The lowest BCUT2D eigenvalue weighted by molar-refractivity contribution is -0.926. The average Bonchev–Trinajstić information content (AvgIpc) is 2.91. The van der Waals surface area contributed by atoms with Gasteiger partial charge in [0.2, 0.25) is 0 Å². The largest absolute Gasteiger partial charge is 0.427 e. The van der Waals surface area contributed by atoms with Gasteiger partial charge in [-0.25, -0.2) is 4.79 Å². The molecule has 2 atom stereocenters. The molecule has 1 saturated carbocycles. The predicted molar refractivity (Wildman–Crippen MR) is 175 cm³/mol. The van der Waals surface area contributed by atoms with Gasteiger partial charge in [0, 0.05) is 24.3 Å². The van der Waals surface area contributed by atoms with Crippen LogP contribution in [0.25, 0.3) is 0 Å². The molecule has 0 heterocycles. The van der Waals surface area contributed by atoms with Crippen LogP contribution in [0.5, 0.6) is 0 Å². The number of likely N-dealkylation sites (N-methyl/N-ethyl adjacent to an activating group) is 2. The number of hydrogen-bond donors (Lipinski definition) is 3. The third kappa shape index (κ3) is 15.2. The number of nitrogens with zero attached hydrogens (tertiary/aromatic N) is 4. The molecule has 0 aromatic carbocycles. The molecule has 2 unspecified atom stereocenters. The molecule has 0 aromatic heterocycles. The Bertz CT molecular complexity index is 1120. The molecular weight excluding hydrogens is 622 g/mol. The zero-order valence-electron chi connectivity index (χ0n) is 28.8. The van der Waals surface area contributed by atoms with Crippen LogP contribution in [0, 0.1) is 22.3 Å². The molecule has 15 heteroatoms. The van der Waals surface area contributed by atoms with Crippen LogP contribution >= 0.6 is 0 Å². The maximum atomic E-state index is 14.0. The molecule has 0 radical (unpaired) electrons. The third-order valence-electron chi connectivity index (χ3n) is 9.98. The third-order valence-corrected chi connectivity index (χ3v) is 11.6. The van der Waals surface area contributed by atoms with E-state index in [-0.39, 0.29) is 41.0 Å². The van der Waals surface area contributed by atoms with Gasteiger partial charge in [-0.1, -0.05) is 20.8 Å². The van der Waals surface area contributed by atoms with E-state index >= 15 is 0 Å². The molecule has 1 rings (SSSR count). The smallest absolute Gasteiger partial charge is 0.318 e. The summed E-state index contributed by atoms with van der Waals surface area (Å²) < 4.78 is 70.3. The van der Waals surface area contributed by atoms with Crippen molar-refractivity contribution in [1.82, 2.24) is 10.2 Å². The molecule has 0 aliphatic heterocycles. The first-order valence-corrected chi connectivity index (χ1v) is 19.6. The van der Waals surface area contributed by atoms with Crippen LogP contribution < -0.4 is 5.32 Å². The Labute approximate surface area is 272 Å². The number of urea groups is 1. The summed E-state index contributed by atoms with van der Waals surface area (Å²) in [5.41, 5.74) is -0.338. The van der Waals surface area contributed by atoms with E-state index in [2.05, 4.69) is 26.1 Å². The highest BCUT2D eigenvalue weighted by atomic mass is 32.2. The number of nitrogens with one attached hydrogen (secondary N) is 1. The van der Waals surface area contributed by atoms with Gasteiger partial charge in [0.25, 0.3) is 26.5 Å². The second-order valence-corrected chi connectivity index (χ2v) is 17.3. The van der Waals surface area contributed by atoms with Crippen LogP contribution in [-0.4, -0.2) is 135 Å². The second kappa shape index (κ2) is 17.5. The van der Waals surface area contributed by atoms with Gasteiger partial charge < -0.3 is 23.9 Å². The Kier molecular flexibility index (Phi) is 16.0. The molecule has 1 fully saturated rings. The van der Waals surface area contributed by atoms with Gasteiger partial charge >= 0.3 is 6.03 Å². The van der Waals surface area contributed by atoms with Crippen LogP contribution in [0.4, 0.5) is 4.79 Å². The number of quaternary nitrogens is 2. The fourth-order valence-electron chi connectivity index (χ4n) is 7.40. The van der Waals surface area contributed by atoms with Gasteiger partial charge in [-0.15, -0.1) is 0 Å². The molecule has 2 amide bonds. The van der Waals surface area contributed by atoms with Crippen molar-refractivity contribution in [3.63, 3.8) is 0 Å². The molecule has 1 aliphatic carbocycles. The van der Waals surface area contributed by atoms with Gasteiger partial charge in [-0.3, -0.25) is 9.11 Å². The number of amides is 2. The van der Waals surface area contributed by atoms with Gasteiger partial charge in [-0.05, 0) is 52.4 Å². The molecule has 1 aliphatic rings. The minimum atomic E-state index is -4.06. The van der Waals surface area contributed by atoms with Crippen molar-refractivity contribution >= 4 is 26.3 Å². The highest BCUT2D eigenvalue weighted by Crippen LogP contribution is 2.46. The van der Waals surface area contributed by atoms with Crippen molar-refractivity contribution in [1.29, 1.82) is 5.26 Å². The van der Waals surface area contributed by atoms with E-state index in [4.69, 9.17) is 10.00 Å². The zero-order chi connectivity index (χ0) is 34.6. The van der Waals surface area contributed by atoms with Crippen molar-refractivity contribution in [2.24, 2.45) is 10.8 Å². The number of rotatable bonds is 21. The number of carbonyl (C=O) groups is 1. The molecule has 13 nitrogen and oxygen atoms in total. The monoisotopic (exact) mass is 683 g/mol. The van der Waals surface area contributed by atoms with E-state index in [1.165, 1.54) is 0 Å². The lowest BCUT2D eigenvalue weighted by atomic mass is 9.63. The molecular formula is C30H61N5O8S2+2. The molecule has 264 valence electrons. The van der Waals surface area contributed by atoms with E-state index in [1.54, 1.807) is 6.26 Å². The summed E-state index contributed by atoms with van der Waals surface area (Å²) in [6.07, 6.45) is 4.73. The Hall–Kier alpha value is -1.70. The van der Waals surface area contributed by atoms with E-state index in [0.717, 1.165) is 39.0 Å². The molecule has 45 heavy (non-hydrogen) atoms. The maximum absolute atomic E-state index is 14.0. The number of ether oxygens (including phenoxy) is 1. The van der Waals surface area contributed by atoms with Crippen LogP contribution in [-0.2, 0) is 25.0 Å². The summed E-state index contributed by atoms with van der Waals surface area (Å²) in [5, 5.41) is 12.3.